The molecule has 1 saturated heterocycles. The predicted octanol–water partition coefficient (Wildman–Crippen LogP) is 2.08. The minimum Gasteiger partial charge on any atom is -0.342 e. The molecule has 0 saturated carbocycles. The second-order valence-electron chi connectivity index (χ2n) is 6.13. The van der Waals surface area contributed by atoms with E-state index < -0.39 is 0 Å². The van der Waals surface area contributed by atoms with Crippen molar-refractivity contribution in [2.45, 2.75) is 32.1 Å². The molecule has 0 bridgehead atoms. The van der Waals surface area contributed by atoms with Crippen molar-refractivity contribution in [3.05, 3.63) is 21.9 Å². The van der Waals surface area contributed by atoms with Crippen LogP contribution in [0.5, 0.6) is 0 Å². The van der Waals surface area contributed by atoms with E-state index in [-0.39, 0.29) is 17.6 Å². The quantitative estimate of drug-likeness (QED) is 0.926. The third kappa shape index (κ3) is 3.04. The lowest BCUT2D eigenvalue weighted by atomic mass is 9.85. The normalized spacial score (nSPS) is 25.2. The second kappa shape index (κ2) is 6.28. The molecule has 0 spiro atoms. The Bertz CT molecular complexity index is 540. The van der Waals surface area contributed by atoms with E-state index in [4.69, 9.17) is 5.73 Å². The van der Waals surface area contributed by atoms with Crippen LogP contribution >= 0.6 is 11.3 Å². The first-order valence-electron chi connectivity index (χ1n) is 7.77. The number of aryl methyl sites for hydroxylation is 1. The molecular formula is C16H22N2O2S. The molecule has 1 aliphatic heterocycles. The number of nitrogens with two attached hydrogens (primary N) is 1. The molecule has 2 N–H and O–H groups in total. The number of carbonyl (C=O) groups excluding carboxylic acids is 2. The van der Waals surface area contributed by atoms with Crippen molar-refractivity contribution in [1.82, 2.24) is 4.90 Å². The lowest BCUT2D eigenvalue weighted by Crippen LogP contribution is -2.33. The zero-order valence-corrected chi connectivity index (χ0v) is 13.0. The SMILES string of the molecule is NCCC1CCN(C(=O)CC2CCc3sccc3C2=O)C1. The Morgan fingerprint density at radius 2 is 2.29 bits per heavy atom. The van der Waals surface area contributed by atoms with Crippen molar-refractivity contribution in [2.24, 2.45) is 17.6 Å². The first-order valence-corrected chi connectivity index (χ1v) is 8.65. The second-order valence-corrected chi connectivity index (χ2v) is 7.13. The monoisotopic (exact) mass is 306 g/mol. The molecule has 4 nitrogen and oxygen atoms in total. The highest BCUT2D eigenvalue weighted by Gasteiger charge is 2.33. The predicted molar refractivity (Wildman–Crippen MR) is 83.4 cm³/mol. The van der Waals surface area contributed by atoms with Gasteiger partial charge in [-0.15, -0.1) is 11.3 Å². The minimum absolute atomic E-state index is 0.117. The summed E-state index contributed by atoms with van der Waals surface area (Å²) in [5, 5.41) is 1.98. The number of hydrogen-bond acceptors (Lipinski definition) is 4. The number of nitrogens with zero attached hydrogens (tertiary/aromatic N) is 1. The van der Waals surface area contributed by atoms with Crippen LogP contribution in [-0.2, 0) is 11.2 Å². The van der Waals surface area contributed by atoms with Crippen molar-refractivity contribution in [3.8, 4) is 0 Å². The third-order valence-corrected chi connectivity index (χ3v) is 5.72. The van der Waals surface area contributed by atoms with E-state index in [1.165, 1.54) is 4.88 Å². The van der Waals surface area contributed by atoms with Crippen molar-refractivity contribution in [3.63, 3.8) is 0 Å². The van der Waals surface area contributed by atoms with E-state index in [0.717, 1.165) is 44.3 Å². The van der Waals surface area contributed by atoms with Gasteiger partial charge in [-0.1, -0.05) is 0 Å². The topological polar surface area (TPSA) is 63.4 Å². The Balaban J connectivity index is 1.58. The molecule has 2 heterocycles. The fraction of sp³-hybridized carbons (Fsp3) is 0.625. The molecule has 1 fully saturated rings. The Morgan fingerprint density at radius 3 is 3.10 bits per heavy atom. The third-order valence-electron chi connectivity index (χ3n) is 4.74. The number of fused-ring (bicyclic) bond motifs is 1. The lowest BCUT2D eigenvalue weighted by Gasteiger charge is -2.23. The van der Waals surface area contributed by atoms with Gasteiger partial charge in [0.05, 0.1) is 0 Å². The van der Waals surface area contributed by atoms with Crippen LogP contribution in [0, 0.1) is 11.8 Å². The average molecular weight is 306 g/mol. The van der Waals surface area contributed by atoms with Crippen molar-refractivity contribution < 1.29 is 9.59 Å². The van der Waals surface area contributed by atoms with Crippen LogP contribution in [0.25, 0.3) is 0 Å². The Hall–Kier alpha value is -1.20. The summed E-state index contributed by atoms with van der Waals surface area (Å²) in [7, 11) is 0. The Labute approximate surface area is 129 Å². The number of likely N-dealkylation sites (tertiary alicyclic amines) is 1. The molecular weight excluding hydrogens is 284 g/mol. The van der Waals surface area contributed by atoms with E-state index in [1.54, 1.807) is 11.3 Å². The molecule has 1 aliphatic carbocycles. The fourth-order valence-electron chi connectivity index (χ4n) is 3.48. The van der Waals surface area contributed by atoms with Crippen molar-refractivity contribution in [2.75, 3.05) is 19.6 Å². The van der Waals surface area contributed by atoms with Gasteiger partial charge in [-0.05, 0) is 49.6 Å². The molecule has 2 aliphatic rings. The number of rotatable bonds is 4. The largest absolute Gasteiger partial charge is 0.342 e. The molecule has 1 aromatic rings. The van der Waals surface area contributed by atoms with Gasteiger partial charge < -0.3 is 10.6 Å². The van der Waals surface area contributed by atoms with E-state index in [9.17, 15) is 9.59 Å². The van der Waals surface area contributed by atoms with Crippen LogP contribution in [-0.4, -0.2) is 36.2 Å². The summed E-state index contributed by atoms with van der Waals surface area (Å²) in [6.07, 6.45) is 4.18. The molecule has 1 amide bonds. The molecule has 1 aromatic heterocycles. The standard InChI is InChI=1S/C16H22N2O2S/c17-6-3-11-4-7-18(10-11)15(19)9-12-1-2-14-13(16(12)20)5-8-21-14/h5,8,11-12H,1-4,6-7,9-10,17H2. The van der Waals surface area contributed by atoms with Crippen molar-refractivity contribution in [1.29, 1.82) is 0 Å². The Kier molecular flexibility index (Phi) is 4.40. The number of ketones is 1. The van der Waals surface area contributed by atoms with Gasteiger partial charge >= 0.3 is 0 Å². The number of carbonyl (C=O) groups is 2. The molecule has 21 heavy (non-hydrogen) atoms. The Morgan fingerprint density at radius 1 is 1.43 bits per heavy atom. The maximum absolute atomic E-state index is 12.4. The summed E-state index contributed by atoms with van der Waals surface area (Å²) in [6, 6.07) is 1.91. The summed E-state index contributed by atoms with van der Waals surface area (Å²) in [4.78, 5) is 27.9. The highest BCUT2D eigenvalue weighted by atomic mass is 32.1. The minimum atomic E-state index is -0.117. The maximum atomic E-state index is 12.4. The average Bonchev–Trinajstić information content (AvgIpc) is 3.11. The van der Waals surface area contributed by atoms with Gasteiger partial charge in [0.25, 0.3) is 0 Å². The van der Waals surface area contributed by atoms with Crippen LogP contribution < -0.4 is 5.73 Å². The highest BCUT2D eigenvalue weighted by molar-refractivity contribution is 7.10. The zero-order valence-electron chi connectivity index (χ0n) is 12.2. The molecule has 5 heteroatoms. The number of Topliss-reactive ketones (excluding diaryl/α,β-unsaturated/α-hetero) is 1. The van der Waals surface area contributed by atoms with Crippen LogP contribution in [0.4, 0.5) is 0 Å². The highest BCUT2D eigenvalue weighted by Crippen LogP contribution is 2.32. The summed E-state index contributed by atoms with van der Waals surface area (Å²) in [5.74, 6) is 0.743. The van der Waals surface area contributed by atoms with Crippen LogP contribution in [0.1, 0.15) is 40.9 Å². The summed E-state index contributed by atoms with van der Waals surface area (Å²) >= 11 is 1.65. The first-order chi connectivity index (χ1) is 10.2. The summed E-state index contributed by atoms with van der Waals surface area (Å²) < 4.78 is 0. The number of hydrogen-bond donors (Lipinski definition) is 1. The van der Waals surface area contributed by atoms with Crippen LogP contribution in [0.15, 0.2) is 11.4 Å². The fourth-order valence-corrected chi connectivity index (χ4v) is 4.37. The van der Waals surface area contributed by atoms with Crippen molar-refractivity contribution >= 4 is 23.0 Å². The lowest BCUT2D eigenvalue weighted by molar-refractivity contribution is -0.131. The summed E-state index contributed by atoms with van der Waals surface area (Å²) in [6.45, 7) is 2.34. The van der Waals surface area contributed by atoms with E-state index in [2.05, 4.69) is 0 Å². The van der Waals surface area contributed by atoms with E-state index >= 15 is 0 Å². The van der Waals surface area contributed by atoms with Gasteiger partial charge in [0, 0.05) is 35.9 Å². The molecule has 3 rings (SSSR count). The smallest absolute Gasteiger partial charge is 0.223 e. The van der Waals surface area contributed by atoms with Gasteiger partial charge in [0.15, 0.2) is 5.78 Å². The van der Waals surface area contributed by atoms with Crippen LogP contribution in [0.2, 0.25) is 0 Å². The first kappa shape index (κ1) is 14.7. The van der Waals surface area contributed by atoms with Crippen LogP contribution in [0.3, 0.4) is 0 Å². The zero-order chi connectivity index (χ0) is 14.8. The summed E-state index contributed by atoms with van der Waals surface area (Å²) in [5.41, 5.74) is 6.44. The maximum Gasteiger partial charge on any atom is 0.223 e. The number of thiophene rings is 1. The molecule has 2 unspecified atom stereocenters. The molecule has 114 valence electrons. The van der Waals surface area contributed by atoms with Gasteiger partial charge in [0.1, 0.15) is 0 Å². The van der Waals surface area contributed by atoms with Gasteiger partial charge in [0.2, 0.25) is 5.91 Å². The molecule has 2 atom stereocenters. The molecule has 0 radical (unpaired) electrons. The number of amides is 1. The van der Waals surface area contributed by atoms with Gasteiger partial charge in [-0.25, -0.2) is 0 Å². The van der Waals surface area contributed by atoms with Gasteiger partial charge in [-0.3, -0.25) is 9.59 Å². The van der Waals surface area contributed by atoms with E-state index in [1.807, 2.05) is 16.3 Å². The van der Waals surface area contributed by atoms with Gasteiger partial charge in [-0.2, -0.15) is 0 Å². The van der Waals surface area contributed by atoms with E-state index in [0.29, 0.717) is 18.9 Å². The molecule has 0 aromatic carbocycles.